The van der Waals surface area contributed by atoms with E-state index in [4.69, 9.17) is 11.6 Å². The van der Waals surface area contributed by atoms with E-state index >= 15 is 0 Å². The lowest BCUT2D eigenvalue weighted by Crippen LogP contribution is -2.41. The van der Waals surface area contributed by atoms with Crippen molar-refractivity contribution in [2.75, 3.05) is 17.7 Å². The van der Waals surface area contributed by atoms with Crippen LogP contribution in [0.1, 0.15) is 25.3 Å². The number of amides is 2. The Kier molecular flexibility index (Phi) is 6.26. The zero-order chi connectivity index (χ0) is 25.5. The van der Waals surface area contributed by atoms with Gasteiger partial charge < -0.3 is 9.80 Å². The second-order valence-corrected chi connectivity index (χ2v) is 11.5. The van der Waals surface area contributed by atoms with Gasteiger partial charge in [0.2, 0.25) is 0 Å². The van der Waals surface area contributed by atoms with Crippen LogP contribution >= 0.6 is 22.1 Å². The minimum Gasteiger partial charge on any atom is -0.318 e. The van der Waals surface area contributed by atoms with Gasteiger partial charge in [0.25, 0.3) is 0 Å². The topological polar surface area (TPSA) is 42.4 Å². The van der Waals surface area contributed by atoms with E-state index in [1.54, 1.807) is 6.34 Å². The molecule has 8 heteroatoms. The molecule has 0 bridgehead atoms. The highest BCUT2D eigenvalue weighted by Gasteiger charge is 2.40. The Morgan fingerprint density at radius 2 is 1.89 bits per heavy atom. The number of carbonyl (C=O) groups is 1. The zero-order valence-corrected chi connectivity index (χ0v) is 22.4. The van der Waals surface area contributed by atoms with E-state index in [9.17, 15) is 4.79 Å². The Bertz CT molecular complexity index is 1460. The first kappa shape index (κ1) is 23.8. The molecule has 3 aliphatic heterocycles. The average Bonchev–Trinajstić information content (AvgIpc) is 3.58. The number of hydrogen-bond acceptors (Lipinski definition) is 4. The van der Waals surface area contributed by atoms with Crippen LogP contribution in [-0.4, -0.2) is 45.0 Å². The van der Waals surface area contributed by atoms with E-state index in [1.807, 2.05) is 70.6 Å². The van der Waals surface area contributed by atoms with E-state index in [0.29, 0.717) is 23.9 Å². The Balaban J connectivity index is 1.42. The van der Waals surface area contributed by atoms with Crippen LogP contribution in [0.4, 0.5) is 10.5 Å². The monoisotopic (exact) mass is 529 g/mol. The third kappa shape index (κ3) is 4.12. The maximum absolute atomic E-state index is 14.0. The van der Waals surface area contributed by atoms with Crippen molar-refractivity contribution in [3.05, 3.63) is 112 Å². The lowest BCUT2D eigenvalue weighted by Gasteiger charge is -2.29. The maximum atomic E-state index is 14.0. The summed E-state index contributed by atoms with van der Waals surface area (Å²) in [6.07, 6.45) is 14.4. The predicted octanol–water partition coefficient (Wildman–Crippen LogP) is 6.69. The fourth-order valence-electron chi connectivity index (χ4n) is 5.12. The van der Waals surface area contributed by atoms with Crippen LogP contribution in [-0.2, 0) is 6.54 Å². The molecule has 0 aromatic heterocycles. The molecule has 6 nitrogen and oxygen atoms in total. The maximum Gasteiger partial charge on any atom is 0.347 e. The molecular formula is C29H28ClN5OS. The fraction of sp³-hybridized carbons (Fsp3) is 0.207. The SMILES string of the molecule is CCCN(Cc1ccccc1)C(=O)N1N=CN2C1=CN(c1ccccc1Cl)C=C1C3=C(C=CC3)S(C)=C12. The second-order valence-electron chi connectivity index (χ2n) is 9.26. The molecular weight excluding hydrogens is 502 g/mol. The van der Waals surface area contributed by atoms with Crippen molar-refractivity contribution in [2.24, 2.45) is 5.10 Å². The number of halogens is 1. The van der Waals surface area contributed by atoms with Crippen molar-refractivity contribution in [1.29, 1.82) is 0 Å². The molecule has 1 unspecified atom stereocenters. The van der Waals surface area contributed by atoms with Gasteiger partial charge in [0, 0.05) is 29.8 Å². The number of rotatable bonds is 5. The van der Waals surface area contributed by atoms with Crippen LogP contribution in [0.5, 0.6) is 0 Å². The summed E-state index contributed by atoms with van der Waals surface area (Å²) in [6.45, 7) is 3.25. The van der Waals surface area contributed by atoms with Gasteiger partial charge in [-0.1, -0.05) is 73.1 Å². The van der Waals surface area contributed by atoms with E-state index in [1.165, 1.54) is 26.0 Å². The summed E-state index contributed by atoms with van der Waals surface area (Å²) in [5, 5.41) is 6.82. The quantitative estimate of drug-likeness (QED) is 0.405. The first-order valence-electron chi connectivity index (χ1n) is 12.4. The van der Waals surface area contributed by atoms with Crippen LogP contribution in [0.3, 0.4) is 0 Å². The Labute approximate surface area is 225 Å². The third-order valence-corrected chi connectivity index (χ3v) is 9.20. The van der Waals surface area contributed by atoms with E-state index in [-0.39, 0.29) is 16.5 Å². The highest BCUT2D eigenvalue weighted by Crippen LogP contribution is 2.48. The summed E-state index contributed by atoms with van der Waals surface area (Å²) in [6, 6.07) is 17.7. The Morgan fingerprint density at radius 1 is 1.11 bits per heavy atom. The molecule has 0 radical (unpaired) electrons. The summed E-state index contributed by atoms with van der Waals surface area (Å²) in [5.41, 5.74) is 4.46. The van der Waals surface area contributed by atoms with Gasteiger partial charge in [0.05, 0.1) is 21.9 Å². The molecule has 2 aromatic carbocycles. The molecule has 0 saturated heterocycles. The number of para-hydroxylation sites is 1. The lowest BCUT2D eigenvalue weighted by molar-refractivity contribution is 0.162. The molecule has 4 aliphatic rings. The average molecular weight is 530 g/mol. The molecule has 1 aliphatic carbocycles. The van der Waals surface area contributed by atoms with Gasteiger partial charge in [-0.2, -0.15) is 10.1 Å². The fourth-order valence-corrected chi connectivity index (χ4v) is 7.36. The zero-order valence-electron chi connectivity index (χ0n) is 20.8. The van der Waals surface area contributed by atoms with Gasteiger partial charge in [0.1, 0.15) is 6.34 Å². The summed E-state index contributed by atoms with van der Waals surface area (Å²) in [5.74, 6) is 0.699. The summed E-state index contributed by atoms with van der Waals surface area (Å²) in [7, 11) is -0.143. The van der Waals surface area contributed by atoms with Crippen molar-refractivity contribution in [3.8, 4) is 0 Å². The number of carbonyl (C=O) groups excluding carboxylic acids is 1. The molecule has 188 valence electrons. The van der Waals surface area contributed by atoms with Gasteiger partial charge in [-0.25, -0.2) is 4.79 Å². The van der Waals surface area contributed by atoms with E-state index < -0.39 is 0 Å². The Hall–Kier alpha value is -3.55. The van der Waals surface area contributed by atoms with Crippen molar-refractivity contribution >= 4 is 45.1 Å². The predicted molar refractivity (Wildman–Crippen MR) is 154 cm³/mol. The van der Waals surface area contributed by atoms with Crippen molar-refractivity contribution in [2.45, 2.75) is 26.3 Å². The summed E-state index contributed by atoms with van der Waals surface area (Å²) < 4.78 is 0. The normalized spacial score (nSPS) is 19.6. The number of hydrogen-bond donors (Lipinski definition) is 0. The molecule has 0 spiro atoms. The number of urea groups is 1. The first-order valence-corrected chi connectivity index (χ1v) is 14.4. The number of hydrazone groups is 1. The minimum atomic E-state index is -0.145. The van der Waals surface area contributed by atoms with Gasteiger partial charge in [0.15, 0.2) is 5.82 Å². The highest BCUT2D eigenvalue weighted by molar-refractivity contribution is 8.19. The second kappa shape index (κ2) is 9.72. The number of nitrogens with zero attached hydrogens (tertiary/aromatic N) is 5. The van der Waals surface area contributed by atoms with Crippen molar-refractivity contribution in [3.63, 3.8) is 0 Å². The number of fused-ring (bicyclic) bond motifs is 4. The molecule has 0 fully saturated rings. The largest absolute Gasteiger partial charge is 0.347 e. The number of benzene rings is 2. The third-order valence-electron chi connectivity index (χ3n) is 6.84. The van der Waals surface area contributed by atoms with Crippen molar-refractivity contribution < 1.29 is 4.79 Å². The molecule has 2 amide bonds. The van der Waals surface area contributed by atoms with Gasteiger partial charge in [-0.05, 0) is 42.4 Å². The van der Waals surface area contributed by atoms with Crippen LogP contribution < -0.4 is 4.90 Å². The lowest BCUT2D eigenvalue weighted by atomic mass is 10.1. The number of allylic oxidation sites excluding steroid dienone is 2. The molecule has 2 aromatic rings. The van der Waals surface area contributed by atoms with E-state index in [0.717, 1.165) is 24.1 Å². The van der Waals surface area contributed by atoms with Crippen LogP contribution in [0.15, 0.2) is 106 Å². The van der Waals surface area contributed by atoms with Crippen LogP contribution in [0.2, 0.25) is 5.02 Å². The summed E-state index contributed by atoms with van der Waals surface area (Å²) >= 11 is 6.65. The highest BCUT2D eigenvalue weighted by atomic mass is 35.5. The molecule has 0 N–H and O–H groups in total. The van der Waals surface area contributed by atoms with Gasteiger partial charge >= 0.3 is 6.03 Å². The molecule has 0 saturated carbocycles. The summed E-state index contributed by atoms with van der Waals surface area (Å²) in [4.78, 5) is 22.5. The van der Waals surface area contributed by atoms with Crippen LogP contribution in [0, 0.1) is 0 Å². The molecule has 1 atom stereocenters. The van der Waals surface area contributed by atoms with Crippen molar-refractivity contribution in [1.82, 2.24) is 14.8 Å². The first-order chi connectivity index (χ1) is 18.1. The van der Waals surface area contributed by atoms with E-state index in [2.05, 4.69) is 41.5 Å². The minimum absolute atomic E-state index is 0.143. The molecule has 6 rings (SSSR count). The smallest absolute Gasteiger partial charge is 0.318 e. The Morgan fingerprint density at radius 3 is 2.68 bits per heavy atom. The van der Waals surface area contributed by atoms with Gasteiger partial charge in [-0.3, -0.25) is 4.90 Å². The standard InChI is InChI=1S/C29H28ClN5OS/c1-3-16-32(17-21-10-5-4-6-11-21)29(36)35-27-19-33(25-14-8-7-13-24(25)30)18-23-22-12-9-15-26(22)37(2)28(23)34(27)20-31-35/h4-11,13-15,18-20H,3,12,16-17H2,1-2H3. The molecule has 37 heavy (non-hydrogen) atoms. The van der Waals surface area contributed by atoms with Gasteiger partial charge in [-0.15, -0.1) is 10.5 Å². The molecule has 3 heterocycles. The van der Waals surface area contributed by atoms with Crippen LogP contribution in [0.25, 0.3) is 0 Å². The number of anilines is 1.